The van der Waals surface area contributed by atoms with Gasteiger partial charge in [-0.1, -0.05) is 6.07 Å². The van der Waals surface area contributed by atoms with E-state index in [-0.39, 0.29) is 24.0 Å². The molecule has 0 amide bonds. The molecule has 1 aliphatic carbocycles. The van der Waals surface area contributed by atoms with Crippen LogP contribution in [0, 0.1) is 5.92 Å². The number of guanidine groups is 1. The number of aromatic nitrogens is 3. The zero-order valence-electron chi connectivity index (χ0n) is 11.4. The van der Waals surface area contributed by atoms with Crippen molar-refractivity contribution >= 4 is 35.6 Å². The fourth-order valence-corrected chi connectivity index (χ4v) is 1.96. The molecule has 7 heteroatoms. The summed E-state index contributed by atoms with van der Waals surface area (Å²) in [5.74, 6) is 2.53. The maximum absolute atomic E-state index is 4.20. The van der Waals surface area contributed by atoms with Crippen LogP contribution in [-0.4, -0.2) is 34.2 Å². The van der Waals surface area contributed by atoms with Gasteiger partial charge in [0, 0.05) is 19.8 Å². The van der Waals surface area contributed by atoms with Gasteiger partial charge in [-0.15, -0.1) is 34.2 Å². The Morgan fingerprint density at radius 1 is 1.35 bits per heavy atom. The summed E-state index contributed by atoms with van der Waals surface area (Å²) in [6, 6.07) is 5.87. The van der Waals surface area contributed by atoms with Gasteiger partial charge in [0.25, 0.3) is 0 Å². The minimum atomic E-state index is 0. The third-order valence-electron chi connectivity index (χ3n) is 3.28. The molecule has 0 atom stereocenters. The van der Waals surface area contributed by atoms with Gasteiger partial charge in [0.1, 0.15) is 0 Å². The smallest absolute Gasteiger partial charge is 0.191 e. The summed E-state index contributed by atoms with van der Waals surface area (Å²) in [5.41, 5.74) is 0.861. The van der Waals surface area contributed by atoms with E-state index >= 15 is 0 Å². The minimum Gasteiger partial charge on any atom is -0.356 e. The molecule has 2 N–H and O–H groups in total. The molecule has 0 bridgehead atoms. The number of nitrogens with zero attached hydrogens (tertiary/aromatic N) is 4. The second kappa shape index (κ2) is 6.87. The molecule has 0 spiro atoms. The van der Waals surface area contributed by atoms with Gasteiger partial charge < -0.3 is 10.6 Å². The number of hydrogen-bond donors (Lipinski definition) is 2. The third-order valence-corrected chi connectivity index (χ3v) is 3.28. The van der Waals surface area contributed by atoms with Crippen LogP contribution in [0.1, 0.15) is 18.7 Å². The first-order valence-corrected chi connectivity index (χ1v) is 6.60. The maximum atomic E-state index is 4.20. The van der Waals surface area contributed by atoms with E-state index in [0.29, 0.717) is 6.54 Å². The Hall–Kier alpha value is -1.38. The number of halogens is 1. The van der Waals surface area contributed by atoms with Crippen LogP contribution in [0.25, 0.3) is 5.65 Å². The minimum absolute atomic E-state index is 0. The second-order valence-electron chi connectivity index (χ2n) is 4.80. The average Bonchev–Trinajstić information content (AvgIpc) is 3.19. The number of nitrogens with one attached hydrogen (secondary N) is 2. The highest BCUT2D eigenvalue weighted by atomic mass is 127. The van der Waals surface area contributed by atoms with Crippen LogP contribution >= 0.6 is 24.0 Å². The predicted octanol–water partition coefficient (Wildman–Crippen LogP) is 1.42. The number of hydrogen-bond acceptors (Lipinski definition) is 3. The van der Waals surface area contributed by atoms with Crippen molar-refractivity contribution in [3.8, 4) is 0 Å². The largest absolute Gasteiger partial charge is 0.356 e. The molecule has 20 heavy (non-hydrogen) atoms. The van der Waals surface area contributed by atoms with Gasteiger partial charge in [-0.2, -0.15) is 0 Å². The quantitative estimate of drug-likeness (QED) is 0.474. The molecular formula is C13H19IN6. The summed E-state index contributed by atoms with van der Waals surface area (Å²) in [6.45, 7) is 1.61. The lowest BCUT2D eigenvalue weighted by Gasteiger charge is -2.10. The van der Waals surface area contributed by atoms with Crippen LogP contribution in [-0.2, 0) is 6.54 Å². The van der Waals surface area contributed by atoms with Gasteiger partial charge in [0.2, 0.25) is 0 Å². The first kappa shape index (κ1) is 15.0. The molecule has 0 unspecified atom stereocenters. The Kier molecular flexibility index (Phi) is 5.16. The van der Waals surface area contributed by atoms with Crippen LogP contribution < -0.4 is 10.6 Å². The highest BCUT2D eigenvalue weighted by Crippen LogP contribution is 2.27. The molecule has 108 valence electrons. The second-order valence-corrected chi connectivity index (χ2v) is 4.80. The summed E-state index contributed by atoms with van der Waals surface area (Å²) >= 11 is 0. The molecule has 1 aliphatic rings. The molecule has 2 aromatic heterocycles. The van der Waals surface area contributed by atoms with Gasteiger partial charge in [0.15, 0.2) is 17.4 Å². The molecule has 1 fully saturated rings. The van der Waals surface area contributed by atoms with E-state index in [4.69, 9.17) is 0 Å². The van der Waals surface area contributed by atoms with E-state index in [1.165, 1.54) is 12.8 Å². The van der Waals surface area contributed by atoms with E-state index in [2.05, 4.69) is 25.8 Å². The Morgan fingerprint density at radius 2 is 2.20 bits per heavy atom. The van der Waals surface area contributed by atoms with Crippen molar-refractivity contribution in [2.75, 3.05) is 13.6 Å². The molecule has 1 saturated carbocycles. The predicted molar refractivity (Wildman–Crippen MR) is 89.3 cm³/mol. The molecule has 6 nitrogen and oxygen atoms in total. The van der Waals surface area contributed by atoms with Crippen LogP contribution in [0.2, 0.25) is 0 Å². The van der Waals surface area contributed by atoms with Gasteiger partial charge in [-0.25, -0.2) is 0 Å². The summed E-state index contributed by atoms with van der Waals surface area (Å²) in [5, 5.41) is 14.9. The Bertz CT molecular complexity index is 589. The standard InChI is InChI=1S/C13H18N6.HI/c1-14-13(15-8-10-5-6-10)16-9-12-18-17-11-4-2-3-7-19(11)12;/h2-4,7,10H,5-6,8-9H2,1H3,(H2,14,15,16);1H. The summed E-state index contributed by atoms with van der Waals surface area (Å²) in [6.07, 6.45) is 4.63. The Labute approximate surface area is 135 Å². The molecule has 2 heterocycles. The molecular weight excluding hydrogens is 367 g/mol. The monoisotopic (exact) mass is 386 g/mol. The van der Waals surface area contributed by atoms with Gasteiger partial charge in [0.05, 0.1) is 6.54 Å². The van der Waals surface area contributed by atoms with Crippen LogP contribution in [0.3, 0.4) is 0 Å². The Morgan fingerprint density at radius 3 is 2.95 bits per heavy atom. The van der Waals surface area contributed by atoms with Gasteiger partial charge >= 0.3 is 0 Å². The number of pyridine rings is 1. The highest BCUT2D eigenvalue weighted by molar-refractivity contribution is 14.0. The van der Waals surface area contributed by atoms with E-state index in [0.717, 1.165) is 29.9 Å². The first-order chi connectivity index (χ1) is 9.36. The molecule has 0 saturated heterocycles. The van der Waals surface area contributed by atoms with E-state index < -0.39 is 0 Å². The van der Waals surface area contributed by atoms with Crippen molar-refractivity contribution in [1.29, 1.82) is 0 Å². The normalized spacial score (nSPS) is 14.9. The molecule has 0 aromatic carbocycles. The molecule has 0 radical (unpaired) electrons. The van der Waals surface area contributed by atoms with Crippen LogP contribution in [0.5, 0.6) is 0 Å². The summed E-state index contributed by atoms with van der Waals surface area (Å²) < 4.78 is 1.97. The van der Waals surface area contributed by atoms with E-state index in [1.54, 1.807) is 7.05 Å². The average molecular weight is 386 g/mol. The lowest BCUT2D eigenvalue weighted by atomic mass is 10.4. The fourth-order valence-electron chi connectivity index (χ4n) is 1.96. The SMILES string of the molecule is CN=C(NCc1nnc2ccccn12)NCC1CC1.I. The summed E-state index contributed by atoms with van der Waals surface area (Å²) in [4.78, 5) is 4.20. The van der Waals surface area contributed by atoms with E-state index in [1.807, 2.05) is 28.8 Å². The van der Waals surface area contributed by atoms with Crippen molar-refractivity contribution in [2.45, 2.75) is 19.4 Å². The van der Waals surface area contributed by atoms with Gasteiger partial charge in [-0.3, -0.25) is 9.39 Å². The van der Waals surface area contributed by atoms with Crippen molar-refractivity contribution in [2.24, 2.45) is 10.9 Å². The number of aliphatic imine (C=N–C) groups is 1. The lowest BCUT2D eigenvalue weighted by molar-refractivity contribution is 0.722. The number of rotatable bonds is 4. The molecule has 3 rings (SSSR count). The molecule has 2 aromatic rings. The van der Waals surface area contributed by atoms with Crippen molar-refractivity contribution in [1.82, 2.24) is 25.2 Å². The summed E-state index contributed by atoms with van der Waals surface area (Å²) in [7, 11) is 1.78. The molecule has 0 aliphatic heterocycles. The zero-order valence-corrected chi connectivity index (χ0v) is 13.7. The Balaban J connectivity index is 0.00000147. The first-order valence-electron chi connectivity index (χ1n) is 6.60. The highest BCUT2D eigenvalue weighted by Gasteiger charge is 2.21. The van der Waals surface area contributed by atoms with Crippen molar-refractivity contribution in [3.63, 3.8) is 0 Å². The zero-order chi connectivity index (χ0) is 13.1. The van der Waals surface area contributed by atoms with Crippen molar-refractivity contribution in [3.05, 3.63) is 30.2 Å². The fraction of sp³-hybridized carbons (Fsp3) is 0.462. The van der Waals surface area contributed by atoms with Crippen LogP contribution in [0.15, 0.2) is 29.4 Å². The number of fused-ring (bicyclic) bond motifs is 1. The van der Waals surface area contributed by atoms with Crippen molar-refractivity contribution < 1.29 is 0 Å². The maximum Gasteiger partial charge on any atom is 0.191 e. The van der Waals surface area contributed by atoms with E-state index in [9.17, 15) is 0 Å². The topological polar surface area (TPSA) is 66.6 Å². The third kappa shape index (κ3) is 3.59. The van der Waals surface area contributed by atoms with Crippen LogP contribution in [0.4, 0.5) is 0 Å². The lowest BCUT2D eigenvalue weighted by Crippen LogP contribution is -2.38. The van der Waals surface area contributed by atoms with Gasteiger partial charge in [-0.05, 0) is 30.9 Å².